The molecule has 0 aliphatic rings. The Bertz CT molecular complexity index is 1070. The fraction of sp³-hybridized carbons (Fsp3) is 0.222. The Morgan fingerprint density at radius 2 is 1.88 bits per heavy atom. The van der Waals surface area contributed by atoms with Crippen LogP contribution in [0.3, 0.4) is 0 Å². The molecule has 0 aliphatic carbocycles. The predicted octanol–water partition coefficient (Wildman–Crippen LogP) is 5.28. The van der Waals surface area contributed by atoms with E-state index in [1.165, 1.54) is 6.21 Å². The molecule has 0 heterocycles. The number of benzene rings is 2. The summed E-state index contributed by atoms with van der Waals surface area (Å²) in [7, 11) is 0. The number of hydrogen-bond donors (Lipinski definition) is 3. The van der Waals surface area contributed by atoms with Crippen LogP contribution in [0.15, 0.2) is 77.4 Å². The number of aryl methyl sites for hydroxylation is 1. The minimum atomic E-state index is -0.153. The van der Waals surface area contributed by atoms with Crippen LogP contribution >= 0.6 is 0 Å². The maximum Gasteiger partial charge on any atom is 0.224 e. The Labute approximate surface area is 195 Å². The van der Waals surface area contributed by atoms with E-state index in [9.17, 15) is 9.59 Å². The topological polar surface area (TPSA) is 111 Å². The van der Waals surface area contributed by atoms with Gasteiger partial charge in [0.1, 0.15) is 0 Å². The molecule has 2 rings (SSSR count). The van der Waals surface area contributed by atoms with Crippen molar-refractivity contribution in [3.05, 3.63) is 89.0 Å². The average Bonchev–Trinajstić information content (AvgIpc) is 2.81. The highest BCUT2D eigenvalue weighted by Gasteiger charge is 2.14. The lowest BCUT2D eigenvalue weighted by molar-refractivity contribution is -0.116. The molecular formula is C27H32N4O2. The van der Waals surface area contributed by atoms with E-state index in [4.69, 9.17) is 11.6 Å². The van der Waals surface area contributed by atoms with Crippen LogP contribution in [0.4, 0.5) is 11.4 Å². The van der Waals surface area contributed by atoms with Gasteiger partial charge in [0.15, 0.2) is 6.29 Å². The minimum Gasteiger partial charge on any atom is -0.398 e. The first-order valence-electron chi connectivity index (χ1n) is 11.1. The van der Waals surface area contributed by atoms with Gasteiger partial charge >= 0.3 is 0 Å². The lowest BCUT2D eigenvalue weighted by Gasteiger charge is -2.14. The van der Waals surface area contributed by atoms with Crippen LogP contribution in [0, 0.1) is 0 Å². The molecule has 0 aliphatic heterocycles. The zero-order valence-corrected chi connectivity index (χ0v) is 19.3. The summed E-state index contributed by atoms with van der Waals surface area (Å²) in [6.07, 6.45) is 12.9. The van der Waals surface area contributed by atoms with Crippen molar-refractivity contribution in [3.8, 4) is 0 Å². The predicted molar refractivity (Wildman–Crippen MR) is 138 cm³/mol. The van der Waals surface area contributed by atoms with Crippen LogP contribution in [0.25, 0.3) is 5.57 Å². The van der Waals surface area contributed by atoms with E-state index in [0.717, 1.165) is 24.0 Å². The number of carbonyl (C=O) groups excluding carboxylic acids is 2. The number of nitrogen functional groups attached to an aromatic ring is 1. The number of nitrogens with two attached hydrogens (primary N) is 2. The van der Waals surface area contributed by atoms with E-state index in [0.29, 0.717) is 47.2 Å². The van der Waals surface area contributed by atoms with Crippen molar-refractivity contribution in [2.45, 2.75) is 39.5 Å². The van der Waals surface area contributed by atoms with E-state index in [2.05, 4.69) is 23.4 Å². The molecule has 0 radical (unpaired) electrons. The zero-order valence-electron chi connectivity index (χ0n) is 19.3. The van der Waals surface area contributed by atoms with Crippen LogP contribution in [-0.4, -0.2) is 18.4 Å². The summed E-state index contributed by atoms with van der Waals surface area (Å²) in [4.78, 5) is 24.4. The van der Waals surface area contributed by atoms with Crippen molar-refractivity contribution in [3.63, 3.8) is 0 Å². The number of amides is 1. The maximum absolute atomic E-state index is 12.4. The highest BCUT2D eigenvalue weighted by atomic mass is 16.1. The van der Waals surface area contributed by atoms with Gasteiger partial charge in [0, 0.05) is 34.5 Å². The molecular weight excluding hydrogens is 412 g/mol. The molecule has 0 atom stereocenters. The van der Waals surface area contributed by atoms with E-state index in [-0.39, 0.29) is 5.91 Å². The molecule has 2 aromatic rings. The summed E-state index contributed by atoms with van der Waals surface area (Å²) < 4.78 is 0. The molecule has 1 amide bonds. The number of nitrogens with zero attached hydrogens (tertiary/aromatic N) is 1. The monoisotopic (exact) mass is 444 g/mol. The minimum absolute atomic E-state index is 0.153. The van der Waals surface area contributed by atoms with Gasteiger partial charge in [0.05, 0.1) is 6.21 Å². The summed E-state index contributed by atoms with van der Waals surface area (Å²) in [6, 6.07) is 13.0. The molecule has 6 heteroatoms. The van der Waals surface area contributed by atoms with Gasteiger partial charge < -0.3 is 16.9 Å². The molecule has 0 fully saturated rings. The van der Waals surface area contributed by atoms with Gasteiger partial charge in [-0.25, -0.2) is 0 Å². The molecule has 0 saturated carbocycles. The molecule has 0 aromatic heterocycles. The molecule has 33 heavy (non-hydrogen) atoms. The summed E-state index contributed by atoms with van der Waals surface area (Å²) in [5.74, 6) is 5.29. The Balaban J connectivity index is 2.33. The molecule has 5 N–H and O–H groups in total. The van der Waals surface area contributed by atoms with Crippen molar-refractivity contribution >= 4 is 35.4 Å². The van der Waals surface area contributed by atoms with Gasteiger partial charge in [0.2, 0.25) is 5.91 Å². The van der Waals surface area contributed by atoms with Crippen molar-refractivity contribution in [1.82, 2.24) is 0 Å². The van der Waals surface area contributed by atoms with Gasteiger partial charge in [-0.05, 0) is 48.6 Å². The number of nitrogens with one attached hydrogen (secondary N) is 1. The van der Waals surface area contributed by atoms with E-state index in [1.54, 1.807) is 12.1 Å². The first-order valence-corrected chi connectivity index (χ1v) is 11.1. The van der Waals surface area contributed by atoms with E-state index < -0.39 is 0 Å². The Morgan fingerprint density at radius 3 is 2.52 bits per heavy atom. The fourth-order valence-electron chi connectivity index (χ4n) is 3.41. The van der Waals surface area contributed by atoms with E-state index >= 15 is 0 Å². The van der Waals surface area contributed by atoms with Crippen LogP contribution < -0.4 is 16.9 Å². The fourth-order valence-corrected chi connectivity index (χ4v) is 3.41. The molecule has 6 nitrogen and oxygen atoms in total. The first-order chi connectivity index (χ1) is 16.0. The number of aldehydes is 1. The van der Waals surface area contributed by atoms with Crippen molar-refractivity contribution in [1.29, 1.82) is 0 Å². The van der Waals surface area contributed by atoms with Crippen LogP contribution in [-0.2, 0) is 11.2 Å². The first kappa shape index (κ1) is 25.3. The van der Waals surface area contributed by atoms with Gasteiger partial charge in [0.25, 0.3) is 0 Å². The second-order valence-corrected chi connectivity index (χ2v) is 7.48. The van der Waals surface area contributed by atoms with Gasteiger partial charge in [-0.2, -0.15) is 5.10 Å². The highest BCUT2D eigenvalue weighted by molar-refractivity contribution is 6.15. The lowest BCUT2D eigenvalue weighted by atomic mass is 9.95. The number of hydrogen-bond acceptors (Lipinski definition) is 5. The standard InChI is InChI=1S/C27H32N4O2/c1-3-5-10-21(9-4-2)15-22(18-30-29)27-23(19-32)16-24(17-25(27)28)31-26(33)14-13-20-11-7-6-8-12-20/h5-12,15-19H,3-4,13-14,28-29H2,1-2H3,(H,31,33)/b10-5-,21-9+,22-15+,30-18-. The molecule has 172 valence electrons. The van der Waals surface area contributed by atoms with Gasteiger partial charge in [-0.15, -0.1) is 0 Å². The Kier molecular flexibility index (Phi) is 10.3. The highest BCUT2D eigenvalue weighted by Crippen LogP contribution is 2.29. The Morgan fingerprint density at radius 1 is 1.12 bits per heavy atom. The number of hydrazone groups is 1. The number of allylic oxidation sites excluding steroid dienone is 6. The van der Waals surface area contributed by atoms with E-state index in [1.807, 2.05) is 55.5 Å². The maximum atomic E-state index is 12.4. The van der Waals surface area contributed by atoms with Gasteiger partial charge in [-0.1, -0.05) is 62.4 Å². The zero-order chi connectivity index (χ0) is 24.1. The van der Waals surface area contributed by atoms with Crippen LogP contribution in [0.2, 0.25) is 0 Å². The molecule has 0 spiro atoms. The van der Waals surface area contributed by atoms with Gasteiger partial charge in [-0.3, -0.25) is 9.59 Å². The molecule has 0 saturated heterocycles. The third kappa shape index (κ3) is 7.92. The van der Waals surface area contributed by atoms with Crippen molar-refractivity contribution < 1.29 is 9.59 Å². The second kappa shape index (κ2) is 13.5. The van der Waals surface area contributed by atoms with Crippen LogP contribution in [0.1, 0.15) is 54.6 Å². The normalized spacial score (nSPS) is 12.4. The smallest absolute Gasteiger partial charge is 0.224 e. The van der Waals surface area contributed by atoms with Crippen molar-refractivity contribution in [2.75, 3.05) is 11.1 Å². The molecule has 0 bridgehead atoms. The largest absolute Gasteiger partial charge is 0.398 e. The summed E-state index contributed by atoms with van der Waals surface area (Å²) in [6.45, 7) is 4.10. The lowest BCUT2D eigenvalue weighted by Crippen LogP contribution is -2.13. The quantitative estimate of drug-likeness (QED) is 0.109. The average molecular weight is 445 g/mol. The molecule has 0 unspecified atom stereocenters. The summed E-state index contributed by atoms with van der Waals surface area (Å²) in [5.41, 5.74) is 10.7. The summed E-state index contributed by atoms with van der Waals surface area (Å²) in [5, 5.41) is 6.50. The SMILES string of the molecule is CC\C=C/C(/C=C(\C=N/N)c1c(N)cc(NC(=O)CCc2ccccc2)cc1C=O)=C\CC. The number of anilines is 2. The van der Waals surface area contributed by atoms with Crippen molar-refractivity contribution in [2.24, 2.45) is 10.9 Å². The molecule has 2 aromatic carbocycles. The summed E-state index contributed by atoms with van der Waals surface area (Å²) >= 11 is 0. The Hall–Kier alpha value is -3.93. The third-order valence-corrected chi connectivity index (χ3v) is 4.90. The number of carbonyl (C=O) groups is 2. The number of rotatable bonds is 11. The van der Waals surface area contributed by atoms with Crippen LogP contribution in [0.5, 0.6) is 0 Å². The second-order valence-electron chi connectivity index (χ2n) is 7.48. The third-order valence-electron chi connectivity index (χ3n) is 4.90.